The van der Waals surface area contributed by atoms with E-state index in [9.17, 15) is 4.79 Å². The summed E-state index contributed by atoms with van der Waals surface area (Å²) in [6.07, 6.45) is 0.971. The lowest BCUT2D eigenvalue weighted by atomic mass is 10.1. The lowest BCUT2D eigenvalue weighted by Crippen LogP contribution is -1.92. The number of carbonyl (C=O) groups is 1. The molecular formula is C17H12N2O2S4. The normalized spacial score (nSPS) is 15.8. The van der Waals surface area contributed by atoms with Crippen molar-refractivity contribution in [2.24, 2.45) is 0 Å². The number of carbonyl (C=O) groups excluding carboxylic acids is 1. The predicted molar refractivity (Wildman–Crippen MR) is 106 cm³/mol. The van der Waals surface area contributed by atoms with Crippen LogP contribution in [0.4, 0.5) is 0 Å². The van der Waals surface area contributed by atoms with Gasteiger partial charge in [0.15, 0.2) is 5.76 Å². The molecule has 0 atom stereocenters. The minimum atomic E-state index is -0.316. The molecule has 0 unspecified atom stereocenters. The molecule has 0 spiro atoms. The average molecular weight is 405 g/mol. The zero-order valence-electron chi connectivity index (χ0n) is 13.0. The van der Waals surface area contributed by atoms with Crippen LogP contribution in [0.5, 0.6) is 0 Å². The van der Waals surface area contributed by atoms with Gasteiger partial charge >= 0.3 is 5.97 Å². The fourth-order valence-corrected chi connectivity index (χ4v) is 7.78. The average Bonchev–Trinajstić information content (AvgIpc) is 3.17. The Hall–Kier alpha value is -1.45. The van der Waals surface area contributed by atoms with E-state index in [1.165, 1.54) is 0 Å². The van der Waals surface area contributed by atoms with Crippen molar-refractivity contribution in [3.63, 3.8) is 0 Å². The molecule has 0 saturated heterocycles. The minimum Gasteiger partial charge on any atom is -0.420 e. The van der Waals surface area contributed by atoms with Crippen LogP contribution in [-0.2, 0) is 4.74 Å². The van der Waals surface area contributed by atoms with Crippen LogP contribution >= 0.6 is 47.0 Å². The van der Waals surface area contributed by atoms with Crippen LogP contribution in [0.25, 0.3) is 5.76 Å². The molecule has 0 aliphatic carbocycles. The molecule has 4 nitrogen and oxygen atoms in total. The van der Waals surface area contributed by atoms with Crippen molar-refractivity contribution >= 4 is 58.8 Å². The Morgan fingerprint density at radius 3 is 2.08 bits per heavy atom. The van der Waals surface area contributed by atoms with Gasteiger partial charge in [0, 0.05) is 29.9 Å². The lowest BCUT2D eigenvalue weighted by molar-refractivity contribution is 0.0716. The maximum Gasteiger partial charge on any atom is 0.344 e. The van der Waals surface area contributed by atoms with E-state index in [0.29, 0.717) is 24.2 Å². The second-order valence-electron chi connectivity index (χ2n) is 4.84. The number of nitrogens with zero attached hydrogens (tertiary/aromatic N) is 2. The number of esters is 1. The molecule has 1 aromatic rings. The number of rotatable bonds is 6. The Balaban J connectivity index is 1.83. The zero-order chi connectivity index (χ0) is 17.6. The van der Waals surface area contributed by atoms with Crippen molar-refractivity contribution in [2.75, 3.05) is 11.5 Å². The fourth-order valence-electron chi connectivity index (χ4n) is 2.13. The summed E-state index contributed by atoms with van der Waals surface area (Å²) in [5, 5.41) is 17.5. The smallest absolute Gasteiger partial charge is 0.344 e. The summed E-state index contributed by atoms with van der Waals surface area (Å²) in [6.45, 7) is 0. The molecule has 2 heterocycles. The van der Waals surface area contributed by atoms with Crippen molar-refractivity contribution in [3.8, 4) is 12.1 Å². The number of cyclic esters (lactones) is 1. The largest absolute Gasteiger partial charge is 0.420 e. The van der Waals surface area contributed by atoms with Crippen LogP contribution in [0, 0.1) is 22.7 Å². The first kappa shape index (κ1) is 18.3. The standard InChI is InChI=1S/C17H12N2O2S4/c18-7-3-9-22-16-17(23-10-4-8-19)25-15(24-16)13-11-5-1-2-6-12(11)14(20)21-13/h1-2,5-6H,3-4,9-10H2. The van der Waals surface area contributed by atoms with Crippen LogP contribution in [0.1, 0.15) is 28.8 Å². The molecule has 126 valence electrons. The highest BCUT2D eigenvalue weighted by atomic mass is 32.3. The van der Waals surface area contributed by atoms with Gasteiger partial charge in [-0.05, 0) is 6.07 Å². The minimum absolute atomic E-state index is 0.316. The molecule has 8 heteroatoms. The molecule has 0 N–H and O–H groups in total. The Labute approximate surface area is 163 Å². The van der Waals surface area contributed by atoms with E-state index in [0.717, 1.165) is 29.8 Å². The maximum absolute atomic E-state index is 12.0. The van der Waals surface area contributed by atoms with Gasteiger partial charge in [-0.2, -0.15) is 10.5 Å². The third-order valence-corrected chi connectivity index (χ3v) is 8.70. The van der Waals surface area contributed by atoms with E-state index in [4.69, 9.17) is 15.3 Å². The van der Waals surface area contributed by atoms with Crippen LogP contribution in [0.2, 0.25) is 0 Å². The summed E-state index contributed by atoms with van der Waals surface area (Å²) in [4.78, 5) is 12.0. The summed E-state index contributed by atoms with van der Waals surface area (Å²) < 4.78 is 8.69. The summed E-state index contributed by atoms with van der Waals surface area (Å²) in [6, 6.07) is 11.7. The third kappa shape index (κ3) is 4.21. The number of benzene rings is 1. The van der Waals surface area contributed by atoms with Crippen LogP contribution in [0.3, 0.4) is 0 Å². The first-order valence-electron chi connectivity index (χ1n) is 7.40. The van der Waals surface area contributed by atoms with Crippen molar-refractivity contribution in [3.05, 3.63) is 48.1 Å². The highest BCUT2D eigenvalue weighted by Gasteiger charge is 2.33. The summed E-state index contributed by atoms with van der Waals surface area (Å²) in [7, 11) is 0. The molecule has 2 aliphatic rings. The molecule has 0 aromatic heterocycles. The van der Waals surface area contributed by atoms with E-state index in [1.54, 1.807) is 53.1 Å². The Morgan fingerprint density at radius 2 is 1.52 bits per heavy atom. The fraction of sp³-hybridized carbons (Fsp3) is 0.235. The highest BCUT2D eigenvalue weighted by molar-refractivity contribution is 8.40. The third-order valence-electron chi connectivity index (χ3n) is 3.20. The van der Waals surface area contributed by atoms with Gasteiger partial charge in [-0.3, -0.25) is 0 Å². The lowest BCUT2D eigenvalue weighted by Gasteiger charge is -2.03. The number of thioether (sulfide) groups is 4. The van der Waals surface area contributed by atoms with Gasteiger partial charge in [0.2, 0.25) is 0 Å². The number of hydrogen-bond acceptors (Lipinski definition) is 8. The number of fused-ring (bicyclic) bond motifs is 1. The van der Waals surface area contributed by atoms with Gasteiger partial charge in [0.1, 0.15) is 0 Å². The summed E-state index contributed by atoms with van der Waals surface area (Å²) in [5.41, 5.74) is 1.42. The van der Waals surface area contributed by atoms with Gasteiger partial charge in [-0.25, -0.2) is 4.79 Å². The first-order chi connectivity index (χ1) is 12.2. The molecule has 25 heavy (non-hydrogen) atoms. The number of hydrogen-bond donors (Lipinski definition) is 0. The molecule has 1 aromatic carbocycles. The molecule has 0 bridgehead atoms. The second kappa shape index (κ2) is 8.77. The van der Waals surface area contributed by atoms with Gasteiger partial charge in [-0.1, -0.05) is 41.7 Å². The molecule has 0 amide bonds. The molecule has 0 saturated carbocycles. The molecule has 3 rings (SSSR count). The van der Waals surface area contributed by atoms with E-state index in [1.807, 2.05) is 18.2 Å². The summed E-state index contributed by atoms with van der Waals surface area (Å²) in [5.74, 6) is 1.75. The van der Waals surface area contributed by atoms with Crippen LogP contribution in [-0.4, -0.2) is 17.5 Å². The van der Waals surface area contributed by atoms with Crippen LogP contribution in [0.15, 0.2) is 37.0 Å². The monoisotopic (exact) mass is 404 g/mol. The van der Waals surface area contributed by atoms with Crippen LogP contribution < -0.4 is 0 Å². The Bertz CT molecular complexity index is 815. The van der Waals surface area contributed by atoms with E-state index in [-0.39, 0.29) is 5.97 Å². The van der Waals surface area contributed by atoms with Gasteiger partial charge in [0.05, 0.1) is 30.4 Å². The SMILES string of the molecule is N#CCCSC1=C(SCCC#N)SC(=C2OC(=O)c3ccccc32)S1. The van der Waals surface area contributed by atoms with Gasteiger partial charge in [-0.15, -0.1) is 23.5 Å². The predicted octanol–water partition coefficient (Wildman–Crippen LogP) is 5.38. The van der Waals surface area contributed by atoms with E-state index >= 15 is 0 Å². The Morgan fingerprint density at radius 1 is 0.960 bits per heavy atom. The molecule has 2 aliphatic heterocycles. The van der Waals surface area contributed by atoms with Gasteiger partial charge < -0.3 is 4.74 Å². The van der Waals surface area contributed by atoms with Gasteiger partial charge in [0.25, 0.3) is 0 Å². The highest BCUT2D eigenvalue weighted by Crippen LogP contribution is 2.60. The topological polar surface area (TPSA) is 73.9 Å². The summed E-state index contributed by atoms with van der Waals surface area (Å²) >= 11 is 6.45. The number of ether oxygens (including phenoxy) is 1. The number of nitriles is 2. The van der Waals surface area contributed by atoms with E-state index in [2.05, 4.69) is 12.1 Å². The molecular weight excluding hydrogens is 392 g/mol. The Kier molecular flexibility index (Phi) is 6.44. The van der Waals surface area contributed by atoms with Crippen molar-refractivity contribution < 1.29 is 9.53 Å². The second-order valence-corrected chi connectivity index (χ2v) is 9.87. The van der Waals surface area contributed by atoms with Crippen molar-refractivity contribution in [1.29, 1.82) is 10.5 Å². The maximum atomic E-state index is 12.0. The molecule has 0 radical (unpaired) electrons. The van der Waals surface area contributed by atoms with E-state index < -0.39 is 0 Å². The zero-order valence-corrected chi connectivity index (χ0v) is 16.2. The molecule has 0 fully saturated rings. The van der Waals surface area contributed by atoms with Crippen molar-refractivity contribution in [1.82, 2.24) is 0 Å². The van der Waals surface area contributed by atoms with Crippen molar-refractivity contribution in [2.45, 2.75) is 12.8 Å². The quantitative estimate of drug-likeness (QED) is 0.462. The first-order valence-corrected chi connectivity index (χ1v) is 11.0.